The molecule has 6 heteroatoms. The molecule has 0 amide bonds. The Morgan fingerprint density at radius 3 is 2.70 bits per heavy atom. The van der Waals surface area contributed by atoms with Gasteiger partial charge in [0, 0.05) is 31.5 Å². The first-order chi connectivity index (χ1) is 9.22. The zero-order valence-electron chi connectivity index (χ0n) is 12.0. The smallest absolute Gasteiger partial charge is 0.0729 e. The first kappa shape index (κ1) is 14.9. The minimum Gasteiger partial charge on any atom is -0.378 e. The molecule has 1 aliphatic rings. The topological polar surface area (TPSA) is 47.7 Å². The third-order valence-corrected chi connectivity index (χ3v) is 3.90. The highest BCUT2D eigenvalue weighted by atomic mass is 35.5. The van der Waals surface area contributed by atoms with E-state index in [-0.39, 0.29) is 12.4 Å². The van der Waals surface area contributed by atoms with Gasteiger partial charge >= 0.3 is 0 Å². The molecule has 0 aliphatic heterocycles. The van der Waals surface area contributed by atoms with Crippen LogP contribution in [0.25, 0.3) is 0 Å². The molecular weight excluding hydrogens is 274 g/mol. The van der Waals surface area contributed by atoms with Gasteiger partial charge in [0.1, 0.15) is 0 Å². The molecule has 0 aromatic carbocycles. The van der Waals surface area contributed by atoms with E-state index in [2.05, 4.69) is 32.6 Å². The van der Waals surface area contributed by atoms with E-state index in [1.807, 2.05) is 24.9 Å². The van der Waals surface area contributed by atoms with E-state index in [0.29, 0.717) is 6.04 Å². The quantitative estimate of drug-likeness (QED) is 0.943. The minimum atomic E-state index is 0. The van der Waals surface area contributed by atoms with Gasteiger partial charge in [-0.3, -0.25) is 9.36 Å². The summed E-state index contributed by atoms with van der Waals surface area (Å²) < 4.78 is 3.97. The fourth-order valence-electron chi connectivity index (χ4n) is 2.82. The summed E-state index contributed by atoms with van der Waals surface area (Å²) in [5, 5.41) is 12.2. The third kappa shape index (κ3) is 3.15. The summed E-state index contributed by atoms with van der Waals surface area (Å²) in [6.45, 7) is 2.84. The maximum absolute atomic E-state index is 4.47. The number of nitrogens with zero attached hydrogens (tertiary/aromatic N) is 4. The van der Waals surface area contributed by atoms with Crippen LogP contribution in [0.15, 0.2) is 18.6 Å². The zero-order valence-corrected chi connectivity index (χ0v) is 12.9. The van der Waals surface area contributed by atoms with Crippen molar-refractivity contribution >= 4 is 18.1 Å². The van der Waals surface area contributed by atoms with Gasteiger partial charge in [-0.25, -0.2) is 0 Å². The van der Waals surface area contributed by atoms with Gasteiger partial charge in [-0.15, -0.1) is 12.4 Å². The van der Waals surface area contributed by atoms with Gasteiger partial charge in [0.25, 0.3) is 0 Å². The Kier molecular flexibility index (Phi) is 4.70. The summed E-state index contributed by atoms with van der Waals surface area (Å²) in [6.07, 6.45) is 11.3. The summed E-state index contributed by atoms with van der Waals surface area (Å²) in [4.78, 5) is 0. The fourth-order valence-corrected chi connectivity index (χ4v) is 2.82. The molecule has 20 heavy (non-hydrogen) atoms. The first-order valence-corrected chi connectivity index (χ1v) is 6.99. The molecule has 110 valence electrons. The normalized spacial score (nSPS) is 15.3. The molecule has 0 saturated heterocycles. The highest BCUT2D eigenvalue weighted by Crippen LogP contribution is 2.29. The summed E-state index contributed by atoms with van der Waals surface area (Å²) in [6, 6.07) is 0.607. The molecule has 0 unspecified atom stereocenters. The van der Waals surface area contributed by atoms with Crippen molar-refractivity contribution in [2.45, 2.75) is 45.2 Å². The van der Waals surface area contributed by atoms with Crippen molar-refractivity contribution in [2.24, 2.45) is 7.05 Å². The van der Waals surface area contributed by atoms with Crippen molar-refractivity contribution < 1.29 is 0 Å². The summed E-state index contributed by atoms with van der Waals surface area (Å²) in [7, 11) is 1.95. The van der Waals surface area contributed by atoms with Gasteiger partial charge in [0.15, 0.2) is 0 Å². The number of halogens is 1. The molecule has 2 aromatic heterocycles. The highest BCUT2D eigenvalue weighted by Gasteiger charge is 2.17. The lowest BCUT2D eigenvalue weighted by Crippen LogP contribution is -2.04. The Bertz CT molecular complexity index is 554. The van der Waals surface area contributed by atoms with Crippen LogP contribution in [0.5, 0.6) is 0 Å². The Hall–Kier alpha value is -1.49. The van der Waals surface area contributed by atoms with Gasteiger partial charge in [0.05, 0.1) is 23.6 Å². The maximum atomic E-state index is 4.47. The van der Waals surface area contributed by atoms with Gasteiger partial charge < -0.3 is 5.32 Å². The van der Waals surface area contributed by atoms with Crippen LogP contribution in [0.3, 0.4) is 0 Å². The molecule has 3 rings (SSSR count). The molecule has 0 atom stereocenters. The lowest BCUT2D eigenvalue weighted by atomic mass is 10.2. The van der Waals surface area contributed by atoms with Crippen molar-refractivity contribution in [1.82, 2.24) is 19.6 Å². The van der Waals surface area contributed by atoms with Crippen molar-refractivity contribution in [2.75, 3.05) is 5.32 Å². The number of rotatable bonds is 4. The van der Waals surface area contributed by atoms with Crippen LogP contribution in [0.4, 0.5) is 5.69 Å². The van der Waals surface area contributed by atoms with Gasteiger partial charge in [0.2, 0.25) is 0 Å². The minimum absolute atomic E-state index is 0. The zero-order chi connectivity index (χ0) is 13.2. The van der Waals surface area contributed by atoms with Crippen LogP contribution >= 0.6 is 12.4 Å². The second kappa shape index (κ2) is 6.31. The summed E-state index contributed by atoms with van der Waals surface area (Å²) >= 11 is 0. The molecule has 1 saturated carbocycles. The van der Waals surface area contributed by atoms with Crippen LogP contribution in [0, 0.1) is 6.92 Å². The predicted molar refractivity (Wildman–Crippen MR) is 82.3 cm³/mol. The monoisotopic (exact) mass is 295 g/mol. The Labute approximate surface area is 125 Å². The summed E-state index contributed by atoms with van der Waals surface area (Å²) in [5.74, 6) is 0. The Morgan fingerprint density at radius 1 is 1.30 bits per heavy atom. The van der Waals surface area contributed by atoms with Crippen molar-refractivity contribution in [3.63, 3.8) is 0 Å². The maximum Gasteiger partial charge on any atom is 0.0729 e. The molecule has 1 aliphatic carbocycles. The molecule has 0 radical (unpaired) electrons. The number of anilines is 1. The van der Waals surface area contributed by atoms with Crippen molar-refractivity contribution in [1.29, 1.82) is 0 Å². The van der Waals surface area contributed by atoms with E-state index in [0.717, 1.165) is 17.9 Å². The Balaban J connectivity index is 0.00000147. The van der Waals surface area contributed by atoms with Crippen molar-refractivity contribution in [3.8, 4) is 0 Å². The SMILES string of the molecule is Cc1nn(C)cc1CNc1cnn(C2CCCC2)c1.Cl. The molecule has 1 fully saturated rings. The largest absolute Gasteiger partial charge is 0.378 e. The number of aromatic nitrogens is 4. The van der Waals surface area contributed by atoms with Crippen LogP contribution in [-0.2, 0) is 13.6 Å². The number of aryl methyl sites for hydroxylation is 2. The van der Waals surface area contributed by atoms with Crippen LogP contribution in [0.1, 0.15) is 43.0 Å². The standard InChI is InChI=1S/C14H21N5.ClH/c1-11-12(9-18(2)17-11)7-15-13-8-16-19(10-13)14-5-3-4-6-14;/h8-10,14-15H,3-7H2,1-2H3;1H. The van der Waals surface area contributed by atoms with Crippen LogP contribution in [0.2, 0.25) is 0 Å². The third-order valence-electron chi connectivity index (χ3n) is 3.90. The lowest BCUT2D eigenvalue weighted by molar-refractivity contribution is 0.467. The molecule has 2 aromatic rings. The number of hydrogen-bond acceptors (Lipinski definition) is 3. The van der Waals surface area contributed by atoms with E-state index in [4.69, 9.17) is 0 Å². The molecule has 1 N–H and O–H groups in total. The number of hydrogen-bond donors (Lipinski definition) is 1. The van der Waals surface area contributed by atoms with E-state index in [9.17, 15) is 0 Å². The summed E-state index contributed by atoms with van der Waals surface area (Å²) in [5.41, 5.74) is 3.41. The Morgan fingerprint density at radius 2 is 2.05 bits per heavy atom. The second-order valence-corrected chi connectivity index (χ2v) is 5.41. The van der Waals surface area contributed by atoms with Gasteiger partial charge in [-0.2, -0.15) is 10.2 Å². The van der Waals surface area contributed by atoms with Gasteiger partial charge in [-0.05, 0) is 19.8 Å². The molecule has 0 spiro atoms. The molecule has 5 nitrogen and oxygen atoms in total. The van der Waals surface area contributed by atoms with E-state index in [1.54, 1.807) is 0 Å². The number of nitrogens with one attached hydrogen (secondary N) is 1. The van der Waals surface area contributed by atoms with Crippen LogP contribution in [-0.4, -0.2) is 19.6 Å². The average molecular weight is 296 g/mol. The second-order valence-electron chi connectivity index (χ2n) is 5.41. The highest BCUT2D eigenvalue weighted by molar-refractivity contribution is 5.85. The van der Waals surface area contributed by atoms with Crippen molar-refractivity contribution in [3.05, 3.63) is 29.8 Å². The molecular formula is C14H22ClN5. The van der Waals surface area contributed by atoms with Crippen LogP contribution < -0.4 is 5.32 Å². The average Bonchev–Trinajstić information content (AvgIpc) is 3.07. The van der Waals surface area contributed by atoms with E-state index < -0.39 is 0 Å². The predicted octanol–water partition coefficient (Wildman–Crippen LogP) is 3.07. The first-order valence-electron chi connectivity index (χ1n) is 6.99. The van der Waals surface area contributed by atoms with E-state index in [1.165, 1.54) is 31.2 Å². The molecule has 2 heterocycles. The molecule has 0 bridgehead atoms. The van der Waals surface area contributed by atoms with Gasteiger partial charge in [-0.1, -0.05) is 12.8 Å². The fraction of sp³-hybridized carbons (Fsp3) is 0.571. The lowest BCUT2D eigenvalue weighted by Gasteiger charge is -2.08. The van der Waals surface area contributed by atoms with E-state index >= 15 is 0 Å².